The van der Waals surface area contributed by atoms with Crippen LogP contribution in [0, 0.1) is 6.92 Å². The van der Waals surface area contributed by atoms with Gasteiger partial charge in [0.2, 0.25) is 0 Å². The van der Waals surface area contributed by atoms with Crippen LogP contribution in [0.15, 0.2) is 46.9 Å². The van der Waals surface area contributed by atoms with E-state index in [1.165, 1.54) is 0 Å². The summed E-state index contributed by atoms with van der Waals surface area (Å²) >= 11 is 8.62. The molecule has 2 aromatic carbocycles. The molecule has 0 atom stereocenters. The SMILES string of the molecule is CCCCNC(=O)c1cccc(NC(=S)NC(=O)c2ccc(C)c(Br)c2)c1. The van der Waals surface area contributed by atoms with Crippen LogP contribution in [0.3, 0.4) is 0 Å². The van der Waals surface area contributed by atoms with Crippen LogP contribution in [0.4, 0.5) is 5.69 Å². The summed E-state index contributed by atoms with van der Waals surface area (Å²) in [6.45, 7) is 4.66. The number of anilines is 1. The van der Waals surface area contributed by atoms with Crippen molar-refractivity contribution in [3.05, 3.63) is 63.6 Å². The molecule has 0 spiro atoms. The van der Waals surface area contributed by atoms with E-state index in [-0.39, 0.29) is 16.9 Å². The number of benzene rings is 2. The molecule has 0 unspecified atom stereocenters. The molecule has 0 radical (unpaired) electrons. The summed E-state index contributed by atoms with van der Waals surface area (Å²) in [6, 6.07) is 12.3. The molecule has 0 saturated heterocycles. The Bertz CT molecular complexity index is 855. The highest BCUT2D eigenvalue weighted by Gasteiger charge is 2.10. The first-order valence-electron chi connectivity index (χ1n) is 8.67. The minimum Gasteiger partial charge on any atom is -0.352 e. The number of carbonyl (C=O) groups is 2. The van der Waals surface area contributed by atoms with Crippen molar-refractivity contribution in [1.82, 2.24) is 10.6 Å². The smallest absolute Gasteiger partial charge is 0.257 e. The Kier molecular flexibility index (Phi) is 7.94. The number of unbranched alkanes of at least 4 members (excludes halogenated alkanes) is 1. The Hall–Kier alpha value is -2.25. The summed E-state index contributed by atoms with van der Waals surface area (Å²) in [5, 5.41) is 8.62. The van der Waals surface area contributed by atoms with Crippen LogP contribution in [0.1, 0.15) is 46.0 Å². The van der Waals surface area contributed by atoms with Crippen molar-refractivity contribution in [2.75, 3.05) is 11.9 Å². The van der Waals surface area contributed by atoms with Crippen molar-refractivity contribution >= 4 is 50.8 Å². The fourth-order valence-corrected chi connectivity index (χ4v) is 2.88. The predicted molar refractivity (Wildman–Crippen MR) is 116 cm³/mol. The number of hydrogen-bond donors (Lipinski definition) is 3. The number of halogens is 1. The van der Waals surface area contributed by atoms with Gasteiger partial charge in [-0.25, -0.2) is 0 Å². The number of hydrogen-bond acceptors (Lipinski definition) is 3. The minimum absolute atomic E-state index is 0.133. The molecule has 0 aromatic heterocycles. The van der Waals surface area contributed by atoms with Gasteiger partial charge in [0, 0.05) is 27.8 Å². The van der Waals surface area contributed by atoms with Gasteiger partial charge in [0.1, 0.15) is 0 Å². The van der Waals surface area contributed by atoms with Crippen LogP contribution in [-0.2, 0) is 0 Å². The van der Waals surface area contributed by atoms with Gasteiger partial charge in [0.05, 0.1) is 0 Å². The molecule has 3 N–H and O–H groups in total. The average molecular weight is 448 g/mol. The van der Waals surface area contributed by atoms with E-state index in [1.54, 1.807) is 36.4 Å². The van der Waals surface area contributed by atoms with Crippen molar-refractivity contribution in [3.8, 4) is 0 Å². The number of thiocarbonyl (C=S) groups is 1. The lowest BCUT2D eigenvalue weighted by Crippen LogP contribution is -2.34. The molecule has 2 rings (SSSR count). The zero-order valence-electron chi connectivity index (χ0n) is 15.3. The third kappa shape index (κ3) is 6.45. The van der Waals surface area contributed by atoms with Gasteiger partial charge in [0.25, 0.3) is 11.8 Å². The Morgan fingerprint density at radius 1 is 1.07 bits per heavy atom. The lowest BCUT2D eigenvalue weighted by atomic mass is 10.1. The first kappa shape index (κ1) is 21.1. The Morgan fingerprint density at radius 3 is 2.52 bits per heavy atom. The topological polar surface area (TPSA) is 70.2 Å². The number of rotatable bonds is 6. The molecule has 0 aliphatic heterocycles. The van der Waals surface area contributed by atoms with E-state index in [0.29, 0.717) is 23.4 Å². The maximum atomic E-state index is 12.3. The van der Waals surface area contributed by atoms with Gasteiger partial charge < -0.3 is 10.6 Å². The van der Waals surface area contributed by atoms with Gasteiger partial charge in [-0.05, 0) is 61.5 Å². The third-order valence-electron chi connectivity index (χ3n) is 3.86. The molecule has 7 heteroatoms. The molecule has 0 aliphatic rings. The summed E-state index contributed by atoms with van der Waals surface area (Å²) in [7, 11) is 0. The molecule has 2 aromatic rings. The predicted octanol–water partition coefficient (Wildman–Crippen LogP) is 4.41. The van der Waals surface area contributed by atoms with Crippen LogP contribution in [0.25, 0.3) is 0 Å². The van der Waals surface area contributed by atoms with E-state index in [4.69, 9.17) is 12.2 Å². The van der Waals surface area contributed by atoms with Gasteiger partial charge in [-0.2, -0.15) is 0 Å². The molecule has 142 valence electrons. The fourth-order valence-electron chi connectivity index (χ4n) is 2.29. The van der Waals surface area contributed by atoms with Gasteiger partial charge in [0.15, 0.2) is 5.11 Å². The fraction of sp³-hybridized carbons (Fsp3) is 0.250. The van der Waals surface area contributed by atoms with E-state index >= 15 is 0 Å². The number of nitrogens with one attached hydrogen (secondary N) is 3. The number of aryl methyl sites for hydroxylation is 1. The van der Waals surface area contributed by atoms with E-state index in [0.717, 1.165) is 22.9 Å². The Morgan fingerprint density at radius 2 is 1.81 bits per heavy atom. The van der Waals surface area contributed by atoms with Crippen LogP contribution in [-0.4, -0.2) is 23.5 Å². The van der Waals surface area contributed by atoms with E-state index in [9.17, 15) is 9.59 Å². The second-order valence-corrected chi connectivity index (χ2v) is 7.33. The first-order valence-corrected chi connectivity index (χ1v) is 9.87. The molecular weight excluding hydrogens is 426 g/mol. The quantitative estimate of drug-likeness (QED) is 0.452. The highest BCUT2D eigenvalue weighted by atomic mass is 79.9. The largest absolute Gasteiger partial charge is 0.352 e. The molecular formula is C20H22BrN3O2S. The van der Waals surface area contributed by atoms with Crippen molar-refractivity contribution in [1.29, 1.82) is 0 Å². The Labute approximate surface area is 173 Å². The van der Waals surface area contributed by atoms with Crippen molar-refractivity contribution < 1.29 is 9.59 Å². The average Bonchev–Trinajstić information content (AvgIpc) is 2.64. The van der Waals surface area contributed by atoms with Gasteiger partial charge in [-0.1, -0.05) is 41.4 Å². The highest BCUT2D eigenvalue weighted by Crippen LogP contribution is 2.17. The molecule has 0 saturated carbocycles. The Balaban J connectivity index is 1.97. The first-order chi connectivity index (χ1) is 12.9. The lowest BCUT2D eigenvalue weighted by molar-refractivity contribution is 0.0950. The van der Waals surface area contributed by atoms with E-state index in [2.05, 4.69) is 38.8 Å². The van der Waals surface area contributed by atoms with Crippen LogP contribution < -0.4 is 16.0 Å². The third-order valence-corrected chi connectivity index (χ3v) is 4.92. The van der Waals surface area contributed by atoms with Gasteiger partial charge in [-0.15, -0.1) is 0 Å². The van der Waals surface area contributed by atoms with E-state index in [1.807, 2.05) is 13.0 Å². The molecule has 2 amide bonds. The molecule has 0 aliphatic carbocycles. The minimum atomic E-state index is -0.304. The van der Waals surface area contributed by atoms with Gasteiger partial charge in [-0.3, -0.25) is 14.9 Å². The number of carbonyl (C=O) groups excluding carboxylic acids is 2. The van der Waals surface area contributed by atoms with E-state index < -0.39 is 0 Å². The molecule has 0 heterocycles. The van der Waals surface area contributed by atoms with Crippen molar-refractivity contribution in [3.63, 3.8) is 0 Å². The maximum absolute atomic E-state index is 12.3. The standard InChI is InChI=1S/C20H22BrN3O2S/c1-3-4-10-22-18(25)14-6-5-7-16(11-14)23-20(27)24-19(26)15-9-8-13(2)17(21)12-15/h5-9,11-12H,3-4,10H2,1-2H3,(H,22,25)(H2,23,24,26,27). The molecule has 0 bridgehead atoms. The highest BCUT2D eigenvalue weighted by molar-refractivity contribution is 9.10. The lowest BCUT2D eigenvalue weighted by Gasteiger charge is -2.11. The van der Waals surface area contributed by atoms with Gasteiger partial charge >= 0.3 is 0 Å². The molecule has 27 heavy (non-hydrogen) atoms. The second-order valence-electron chi connectivity index (χ2n) is 6.06. The second kappa shape index (κ2) is 10.2. The normalized spacial score (nSPS) is 10.2. The zero-order chi connectivity index (χ0) is 19.8. The summed E-state index contributed by atoms with van der Waals surface area (Å²) in [5.41, 5.74) is 2.71. The van der Waals surface area contributed by atoms with Crippen LogP contribution in [0.2, 0.25) is 0 Å². The zero-order valence-corrected chi connectivity index (χ0v) is 17.7. The maximum Gasteiger partial charge on any atom is 0.257 e. The monoisotopic (exact) mass is 447 g/mol. The summed E-state index contributed by atoms with van der Waals surface area (Å²) in [4.78, 5) is 24.4. The summed E-state index contributed by atoms with van der Waals surface area (Å²) in [5.74, 6) is -0.437. The summed E-state index contributed by atoms with van der Waals surface area (Å²) in [6.07, 6.45) is 1.96. The van der Waals surface area contributed by atoms with Crippen LogP contribution in [0.5, 0.6) is 0 Å². The summed E-state index contributed by atoms with van der Waals surface area (Å²) < 4.78 is 0.857. The van der Waals surface area contributed by atoms with Crippen LogP contribution >= 0.6 is 28.1 Å². The van der Waals surface area contributed by atoms with Crippen molar-refractivity contribution in [2.45, 2.75) is 26.7 Å². The number of amides is 2. The molecule has 5 nitrogen and oxygen atoms in total. The molecule has 0 fully saturated rings. The van der Waals surface area contributed by atoms with Crippen molar-refractivity contribution in [2.24, 2.45) is 0 Å².